The fourth-order valence-electron chi connectivity index (χ4n) is 3.09. The Labute approximate surface area is 173 Å². The summed E-state index contributed by atoms with van der Waals surface area (Å²) in [4.78, 5) is 20.7. The lowest BCUT2D eigenvalue weighted by molar-refractivity contribution is 0.0597. The first-order valence-corrected chi connectivity index (χ1v) is 9.00. The van der Waals surface area contributed by atoms with Gasteiger partial charge in [-0.3, -0.25) is 0 Å². The molecule has 0 saturated carbocycles. The topological polar surface area (TPSA) is 101 Å². The molecule has 2 aromatic carbocycles. The molecule has 0 aliphatic heterocycles. The van der Waals surface area contributed by atoms with Crippen molar-refractivity contribution in [3.63, 3.8) is 0 Å². The molecule has 0 bridgehead atoms. The van der Waals surface area contributed by atoms with Crippen LogP contribution in [-0.2, 0) is 11.3 Å². The van der Waals surface area contributed by atoms with Crippen molar-refractivity contribution in [2.24, 2.45) is 0 Å². The number of hydrogen-bond donors (Lipinski definition) is 1. The van der Waals surface area contributed by atoms with Crippen LogP contribution in [0.1, 0.15) is 15.9 Å². The highest BCUT2D eigenvalue weighted by Gasteiger charge is 2.18. The van der Waals surface area contributed by atoms with E-state index in [0.717, 1.165) is 5.56 Å². The van der Waals surface area contributed by atoms with Gasteiger partial charge in [-0.15, -0.1) is 0 Å². The molecule has 0 fully saturated rings. The van der Waals surface area contributed by atoms with Gasteiger partial charge in [0.2, 0.25) is 0 Å². The summed E-state index contributed by atoms with van der Waals surface area (Å²) in [6.07, 6.45) is 1.43. The van der Waals surface area contributed by atoms with Gasteiger partial charge in [0.1, 0.15) is 40.7 Å². The normalized spacial score (nSPS) is 10.4. The number of fused-ring (bicyclic) bond motifs is 1. The van der Waals surface area contributed by atoms with Crippen molar-refractivity contribution in [3.05, 3.63) is 41.7 Å². The first kappa shape index (κ1) is 21.0. The van der Waals surface area contributed by atoms with Crippen LogP contribution in [0.15, 0.2) is 30.6 Å². The van der Waals surface area contributed by atoms with Crippen LogP contribution in [0.5, 0.6) is 23.0 Å². The zero-order valence-electron chi connectivity index (χ0n) is 17.4. The van der Waals surface area contributed by atoms with Crippen molar-refractivity contribution < 1.29 is 28.5 Å². The summed E-state index contributed by atoms with van der Waals surface area (Å²) < 4.78 is 26.4. The minimum absolute atomic E-state index is 0.282. The second-order valence-corrected chi connectivity index (χ2v) is 6.15. The van der Waals surface area contributed by atoms with Crippen LogP contribution >= 0.6 is 0 Å². The third-order valence-electron chi connectivity index (χ3n) is 4.61. The van der Waals surface area contributed by atoms with E-state index in [2.05, 4.69) is 15.3 Å². The number of benzene rings is 2. The first-order valence-electron chi connectivity index (χ1n) is 9.00. The predicted octanol–water partition coefficient (Wildman–Crippen LogP) is 3.06. The molecular weight excluding hydrogens is 390 g/mol. The lowest BCUT2D eigenvalue weighted by atomic mass is 10.1. The quantitative estimate of drug-likeness (QED) is 0.558. The Balaban J connectivity index is 2.02. The van der Waals surface area contributed by atoms with E-state index in [0.29, 0.717) is 46.3 Å². The Morgan fingerprint density at radius 3 is 2.10 bits per heavy atom. The van der Waals surface area contributed by atoms with E-state index in [1.165, 1.54) is 20.5 Å². The second-order valence-electron chi connectivity index (χ2n) is 6.15. The molecule has 9 nitrogen and oxygen atoms in total. The number of aromatic nitrogens is 2. The van der Waals surface area contributed by atoms with Crippen molar-refractivity contribution >= 4 is 22.7 Å². The van der Waals surface area contributed by atoms with E-state index in [4.69, 9.17) is 23.7 Å². The fraction of sp³-hybridized carbons (Fsp3) is 0.286. The summed E-state index contributed by atoms with van der Waals surface area (Å²) in [5.41, 5.74) is 1.69. The summed E-state index contributed by atoms with van der Waals surface area (Å²) >= 11 is 0. The van der Waals surface area contributed by atoms with Crippen molar-refractivity contribution in [1.29, 1.82) is 0 Å². The summed E-state index contributed by atoms with van der Waals surface area (Å²) in [6, 6.07) is 6.86. The Kier molecular flexibility index (Phi) is 6.41. The number of methoxy groups -OCH3 is 5. The van der Waals surface area contributed by atoms with Gasteiger partial charge in [0, 0.05) is 30.1 Å². The number of carbonyl (C=O) groups excluding carboxylic acids is 1. The van der Waals surface area contributed by atoms with Crippen LogP contribution in [0.4, 0.5) is 5.82 Å². The lowest BCUT2D eigenvalue weighted by Gasteiger charge is -2.16. The van der Waals surface area contributed by atoms with Gasteiger partial charge >= 0.3 is 5.97 Å². The second kappa shape index (κ2) is 9.17. The molecule has 0 aliphatic rings. The Hall–Kier alpha value is -3.75. The highest BCUT2D eigenvalue weighted by Crippen LogP contribution is 2.35. The van der Waals surface area contributed by atoms with E-state index < -0.39 is 5.97 Å². The molecule has 0 unspecified atom stereocenters. The highest BCUT2D eigenvalue weighted by atomic mass is 16.5. The van der Waals surface area contributed by atoms with Crippen molar-refractivity contribution in [2.45, 2.75) is 6.54 Å². The van der Waals surface area contributed by atoms with Gasteiger partial charge in [-0.25, -0.2) is 14.8 Å². The minimum Gasteiger partial charge on any atom is -0.496 e. The Bertz CT molecular complexity index is 1050. The van der Waals surface area contributed by atoms with E-state index in [1.54, 1.807) is 45.6 Å². The van der Waals surface area contributed by atoms with Crippen molar-refractivity contribution in [2.75, 3.05) is 40.9 Å². The number of anilines is 1. The molecule has 0 aliphatic carbocycles. The summed E-state index contributed by atoms with van der Waals surface area (Å²) in [6.45, 7) is 0.349. The molecule has 0 spiro atoms. The Morgan fingerprint density at radius 2 is 1.53 bits per heavy atom. The van der Waals surface area contributed by atoms with Gasteiger partial charge in [0.25, 0.3) is 0 Å². The number of rotatable bonds is 8. The third-order valence-corrected chi connectivity index (χ3v) is 4.61. The maximum absolute atomic E-state index is 12.1. The number of ether oxygens (including phenoxy) is 5. The predicted molar refractivity (Wildman–Crippen MR) is 111 cm³/mol. The summed E-state index contributed by atoms with van der Waals surface area (Å²) in [5, 5.41) is 3.91. The van der Waals surface area contributed by atoms with Gasteiger partial charge in [-0.05, 0) is 6.07 Å². The molecule has 1 heterocycles. The molecule has 1 aromatic heterocycles. The monoisotopic (exact) mass is 413 g/mol. The van der Waals surface area contributed by atoms with E-state index in [9.17, 15) is 4.79 Å². The highest BCUT2D eigenvalue weighted by molar-refractivity contribution is 6.00. The first-order chi connectivity index (χ1) is 14.6. The number of carbonyl (C=O) groups is 1. The average molecular weight is 413 g/mol. The van der Waals surface area contributed by atoms with Crippen LogP contribution in [0, 0.1) is 0 Å². The molecule has 9 heteroatoms. The van der Waals surface area contributed by atoms with Gasteiger partial charge in [0.15, 0.2) is 0 Å². The van der Waals surface area contributed by atoms with Crippen molar-refractivity contribution in [1.82, 2.24) is 9.97 Å². The smallest absolute Gasteiger partial charge is 0.341 e. The molecule has 30 heavy (non-hydrogen) atoms. The maximum Gasteiger partial charge on any atom is 0.341 e. The van der Waals surface area contributed by atoms with Crippen LogP contribution in [0.25, 0.3) is 10.9 Å². The molecule has 0 atom stereocenters. The fourth-order valence-corrected chi connectivity index (χ4v) is 3.09. The minimum atomic E-state index is -0.512. The largest absolute Gasteiger partial charge is 0.496 e. The average Bonchev–Trinajstić information content (AvgIpc) is 2.80. The zero-order valence-corrected chi connectivity index (χ0v) is 17.4. The third kappa shape index (κ3) is 4.00. The number of esters is 1. The molecule has 0 amide bonds. The molecule has 3 aromatic rings. The van der Waals surface area contributed by atoms with E-state index in [-0.39, 0.29) is 5.56 Å². The van der Waals surface area contributed by atoms with E-state index in [1.807, 2.05) is 0 Å². The SMILES string of the molecule is COC(=O)c1cc2c(NCc3c(OC)cc(OC)cc3OC)ncnc2cc1OC. The van der Waals surface area contributed by atoms with Gasteiger partial charge < -0.3 is 29.0 Å². The van der Waals surface area contributed by atoms with Crippen LogP contribution in [0.2, 0.25) is 0 Å². The van der Waals surface area contributed by atoms with Crippen LogP contribution in [0.3, 0.4) is 0 Å². The molecule has 1 N–H and O–H groups in total. The van der Waals surface area contributed by atoms with Crippen molar-refractivity contribution in [3.8, 4) is 23.0 Å². The zero-order chi connectivity index (χ0) is 21.7. The van der Waals surface area contributed by atoms with Crippen LogP contribution in [-0.4, -0.2) is 51.5 Å². The molecule has 0 saturated heterocycles. The molecule has 0 radical (unpaired) electrons. The lowest BCUT2D eigenvalue weighted by Crippen LogP contribution is -2.08. The Morgan fingerprint density at radius 1 is 0.867 bits per heavy atom. The molecule has 158 valence electrons. The van der Waals surface area contributed by atoms with Gasteiger partial charge in [0.05, 0.1) is 46.6 Å². The summed E-state index contributed by atoms with van der Waals surface area (Å²) in [5.74, 6) is 2.23. The van der Waals surface area contributed by atoms with Gasteiger partial charge in [-0.2, -0.15) is 0 Å². The number of nitrogens with zero attached hydrogens (tertiary/aromatic N) is 2. The van der Waals surface area contributed by atoms with E-state index >= 15 is 0 Å². The summed E-state index contributed by atoms with van der Waals surface area (Å²) in [7, 11) is 7.52. The van der Waals surface area contributed by atoms with Gasteiger partial charge in [-0.1, -0.05) is 0 Å². The standard InChI is InChI=1S/C21H23N3O6/c1-26-12-6-17(27-2)15(18(7-12)28-3)10-22-20-13-8-14(21(25)30-5)19(29-4)9-16(13)23-11-24-20/h6-9,11H,10H2,1-5H3,(H,22,23,24). The number of nitrogens with one attached hydrogen (secondary N) is 1. The molecular formula is C21H23N3O6. The molecule has 3 rings (SSSR count). The van der Waals surface area contributed by atoms with Crippen LogP contribution < -0.4 is 24.3 Å². The number of hydrogen-bond acceptors (Lipinski definition) is 9. The maximum atomic E-state index is 12.1.